The molecular formula is C20H34N4. The minimum atomic E-state index is 0.0128. The third-order valence-corrected chi connectivity index (χ3v) is 4.30. The fourth-order valence-electron chi connectivity index (χ4n) is 3.04. The van der Waals surface area contributed by atoms with Gasteiger partial charge in [0.1, 0.15) is 0 Å². The van der Waals surface area contributed by atoms with E-state index >= 15 is 0 Å². The molecule has 134 valence electrons. The van der Waals surface area contributed by atoms with E-state index in [1.54, 1.807) is 0 Å². The van der Waals surface area contributed by atoms with E-state index in [4.69, 9.17) is 0 Å². The van der Waals surface area contributed by atoms with Crippen LogP contribution in [0.4, 0.5) is 0 Å². The Kier molecular flexibility index (Phi) is 7.10. The number of hydrogen-bond acceptors (Lipinski definition) is 2. The minimum absolute atomic E-state index is 0.0128. The van der Waals surface area contributed by atoms with Gasteiger partial charge in [-0.05, 0) is 57.8 Å². The molecule has 1 aromatic rings. The third kappa shape index (κ3) is 6.91. The largest absolute Gasteiger partial charge is 0.352 e. The van der Waals surface area contributed by atoms with Gasteiger partial charge in [0.25, 0.3) is 0 Å². The predicted molar refractivity (Wildman–Crippen MR) is 103 cm³/mol. The van der Waals surface area contributed by atoms with Gasteiger partial charge in [0.2, 0.25) is 0 Å². The summed E-state index contributed by atoms with van der Waals surface area (Å²) in [5.74, 6) is 0.844. The fourth-order valence-corrected chi connectivity index (χ4v) is 3.04. The lowest BCUT2D eigenvalue weighted by atomic mass is 10.1. The van der Waals surface area contributed by atoms with Crippen molar-refractivity contribution in [3.8, 4) is 0 Å². The zero-order chi connectivity index (χ0) is 17.4. The van der Waals surface area contributed by atoms with E-state index in [2.05, 4.69) is 65.6 Å². The van der Waals surface area contributed by atoms with E-state index in [1.165, 1.54) is 49.9 Å². The molecule has 4 nitrogen and oxygen atoms in total. The van der Waals surface area contributed by atoms with Gasteiger partial charge in [-0.3, -0.25) is 9.89 Å². The van der Waals surface area contributed by atoms with E-state index in [-0.39, 0.29) is 5.54 Å². The monoisotopic (exact) mass is 330 g/mol. The van der Waals surface area contributed by atoms with Crippen molar-refractivity contribution in [2.45, 2.75) is 65.1 Å². The summed E-state index contributed by atoms with van der Waals surface area (Å²) < 4.78 is 0. The van der Waals surface area contributed by atoms with E-state index < -0.39 is 0 Å². The number of rotatable bonds is 4. The molecule has 2 N–H and O–H groups in total. The van der Waals surface area contributed by atoms with Crippen molar-refractivity contribution in [3.05, 3.63) is 35.4 Å². The van der Waals surface area contributed by atoms with Gasteiger partial charge in [-0.15, -0.1) is 0 Å². The van der Waals surface area contributed by atoms with Crippen molar-refractivity contribution in [2.75, 3.05) is 20.1 Å². The Morgan fingerprint density at radius 3 is 2.12 bits per heavy atom. The summed E-state index contributed by atoms with van der Waals surface area (Å²) in [7, 11) is 1.81. The fraction of sp³-hybridized carbons (Fsp3) is 0.650. The summed E-state index contributed by atoms with van der Waals surface area (Å²) in [5, 5.41) is 6.76. The summed E-state index contributed by atoms with van der Waals surface area (Å²) in [6.45, 7) is 10.8. The molecule has 0 amide bonds. The first-order chi connectivity index (χ1) is 11.5. The zero-order valence-electron chi connectivity index (χ0n) is 15.9. The first kappa shape index (κ1) is 18.8. The van der Waals surface area contributed by atoms with Crippen molar-refractivity contribution < 1.29 is 0 Å². The van der Waals surface area contributed by atoms with Crippen LogP contribution < -0.4 is 10.6 Å². The van der Waals surface area contributed by atoms with Crippen molar-refractivity contribution in [1.29, 1.82) is 0 Å². The highest BCUT2D eigenvalue weighted by molar-refractivity contribution is 5.80. The van der Waals surface area contributed by atoms with Crippen LogP contribution in [0, 0.1) is 0 Å². The first-order valence-corrected chi connectivity index (χ1v) is 9.25. The van der Waals surface area contributed by atoms with E-state index in [0.29, 0.717) is 0 Å². The van der Waals surface area contributed by atoms with Gasteiger partial charge in [0, 0.05) is 25.7 Å². The maximum Gasteiger partial charge on any atom is 0.191 e. The maximum atomic E-state index is 4.28. The number of likely N-dealkylation sites (tertiary alicyclic amines) is 1. The second-order valence-corrected chi connectivity index (χ2v) is 7.81. The maximum absolute atomic E-state index is 4.28. The molecule has 0 atom stereocenters. The number of benzene rings is 1. The van der Waals surface area contributed by atoms with Gasteiger partial charge in [-0.25, -0.2) is 0 Å². The summed E-state index contributed by atoms with van der Waals surface area (Å²) in [6.07, 6.45) is 5.49. The minimum Gasteiger partial charge on any atom is -0.352 e. The molecule has 1 aliphatic rings. The Balaban J connectivity index is 1.83. The number of guanidine groups is 1. The molecule has 0 aliphatic carbocycles. The zero-order valence-corrected chi connectivity index (χ0v) is 15.9. The van der Waals surface area contributed by atoms with Crippen molar-refractivity contribution in [2.24, 2.45) is 4.99 Å². The highest BCUT2D eigenvalue weighted by Crippen LogP contribution is 2.14. The average molecular weight is 331 g/mol. The van der Waals surface area contributed by atoms with Crippen LogP contribution in [0.5, 0.6) is 0 Å². The molecular weight excluding hydrogens is 296 g/mol. The van der Waals surface area contributed by atoms with E-state index in [9.17, 15) is 0 Å². The van der Waals surface area contributed by atoms with Gasteiger partial charge >= 0.3 is 0 Å². The molecule has 0 spiro atoms. The van der Waals surface area contributed by atoms with Crippen LogP contribution in [-0.4, -0.2) is 36.5 Å². The molecule has 0 radical (unpaired) electrons. The molecule has 0 aromatic heterocycles. The second kappa shape index (κ2) is 9.07. The molecule has 1 heterocycles. The highest BCUT2D eigenvalue weighted by Gasteiger charge is 2.12. The molecule has 0 unspecified atom stereocenters. The summed E-state index contributed by atoms with van der Waals surface area (Å²) in [6, 6.07) is 8.98. The molecule has 2 rings (SSSR count). The molecule has 4 heteroatoms. The smallest absolute Gasteiger partial charge is 0.191 e. The van der Waals surface area contributed by atoms with Gasteiger partial charge in [-0.2, -0.15) is 0 Å². The lowest BCUT2D eigenvalue weighted by Crippen LogP contribution is -2.47. The van der Waals surface area contributed by atoms with Crippen LogP contribution in [0.3, 0.4) is 0 Å². The molecule has 1 saturated heterocycles. The quantitative estimate of drug-likeness (QED) is 0.655. The topological polar surface area (TPSA) is 39.7 Å². The van der Waals surface area contributed by atoms with Crippen LogP contribution in [-0.2, 0) is 13.1 Å². The standard InChI is InChI=1S/C20H34N4/c1-20(2,3)23-19(21-4)22-15-17-9-11-18(12-10-17)16-24-13-7-5-6-8-14-24/h9-12H,5-8,13-16H2,1-4H3,(H2,21,22,23). The van der Waals surface area contributed by atoms with Crippen LogP contribution >= 0.6 is 0 Å². The van der Waals surface area contributed by atoms with Crippen LogP contribution in [0.15, 0.2) is 29.3 Å². The summed E-state index contributed by atoms with van der Waals surface area (Å²) in [5.41, 5.74) is 2.71. The van der Waals surface area contributed by atoms with Crippen molar-refractivity contribution in [1.82, 2.24) is 15.5 Å². The van der Waals surface area contributed by atoms with Gasteiger partial charge < -0.3 is 10.6 Å². The third-order valence-electron chi connectivity index (χ3n) is 4.30. The number of hydrogen-bond donors (Lipinski definition) is 2. The van der Waals surface area contributed by atoms with Crippen molar-refractivity contribution >= 4 is 5.96 Å². The molecule has 0 saturated carbocycles. The lowest BCUT2D eigenvalue weighted by molar-refractivity contribution is 0.277. The number of nitrogens with one attached hydrogen (secondary N) is 2. The summed E-state index contributed by atoms with van der Waals surface area (Å²) >= 11 is 0. The Bertz CT molecular complexity index is 505. The van der Waals surface area contributed by atoms with Gasteiger partial charge in [-0.1, -0.05) is 37.1 Å². The Morgan fingerprint density at radius 1 is 1.00 bits per heavy atom. The summed E-state index contributed by atoms with van der Waals surface area (Å²) in [4.78, 5) is 6.87. The van der Waals surface area contributed by atoms with E-state index in [0.717, 1.165) is 19.0 Å². The SMILES string of the molecule is CN=C(NCc1ccc(CN2CCCCCC2)cc1)NC(C)(C)C. The van der Waals surface area contributed by atoms with Gasteiger partial charge in [0.15, 0.2) is 5.96 Å². The van der Waals surface area contributed by atoms with E-state index in [1.807, 2.05) is 7.05 Å². The first-order valence-electron chi connectivity index (χ1n) is 9.25. The molecule has 1 aromatic carbocycles. The lowest BCUT2D eigenvalue weighted by Gasteiger charge is -2.24. The molecule has 24 heavy (non-hydrogen) atoms. The van der Waals surface area contributed by atoms with Crippen LogP contribution in [0.2, 0.25) is 0 Å². The number of nitrogens with zero attached hydrogens (tertiary/aromatic N) is 2. The molecule has 0 bridgehead atoms. The average Bonchev–Trinajstić information content (AvgIpc) is 2.80. The number of aliphatic imine (C=N–C) groups is 1. The normalized spacial score (nSPS) is 17.4. The molecule has 1 aliphatic heterocycles. The highest BCUT2D eigenvalue weighted by atomic mass is 15.2. The Hall–Kier alpha value is -1.55. The Labute approximate surface area is 147 Å². The predicted octanol–water partition coefficient (Wildman–Crippen LogP) is 3.53. The van der Waals surface area contributed by atoms with Gasteiger partial charge in [0.05, 0.1) is 0 Å². The van der Waals surface area contributed by atoms with Crippen molar-refractivity contribution in [3.63, 3.8) is 0 Å². The second-order valence-electron chi connectivity index (χ2n) is 7.81. The van der Waals surface area contributed by atoms with Crippen LogP contribution in [0.1, 0.15) is 57.6 Å². The Morgan fingerprint density at radius 2 is 1.58 bits per heavy atom. The van der Waals surface area contributed by atoms with Crippen LogP contribution in [0.25, 0.3) is 0 Å². The molecule has 1 fully saturated rings.